The van der Waals surface area contributed by atoms with E-state index in [1.807, 2.05) is 56.1 Å². The van der Waals surface area contributed by atoms with Gasteiger partial charge in [-0.3, -0.25) is 3.97 Å². The summed E-state index contributed by atoms with van der Waals surface area (Å²) in [6.45, 7) is 9.64. The summed E-state index contributed by atoms with van der Waals surface area (Å²) in [5, 5.41) is 3.82. The molecule has 0 aliphatic rings. The summed E-state index contributed by atoms with van der Waals surface area (Å²) >= 11 is 2.18. The number of amides is 1. The van der Waals surface area contributed by atoms with E-state index in [4.69, 9.17) is 9.47 Å². The summed E-state index contributed by atoms with van der Waals surface area (Å²) in [5.74, 6) is -0.300. The first-order chi connectivity index (χ1) is 13.1. The molecular formula is C20H29IN2O4S. The monoisotopic (exact) mass is 520 g/mol. The Balaban J connectivity index is 0.000000284. The Morgan fingerprint density at radius 1 is 1.29 bits per heavy atom. The van der Waals surface area contributed by atoms with Crippen molar-refractivity contribution < 1.29 is 19.1 Å². The number of aromatic nitrogens is 1. The van der Waals surface area contributed by atoms with E-state index in [9.17, 15) is 9.59 Å². The fourth-order valence-electron chi connectivity index (χ4n) is 2.51. The molecule has 0 bridgehead atoms. The van der Waals surface area contributed by atoms with Crippen molar-refractivity contribution in [3.8, 4) is 0 Å². The maximum atomic E-state index is 11.5. The molecule has 1 aromatic heterocycles. The first kappa shape index (κ1) is 24.6. The lowest BCUT2D eigenvalue weighted by molar-refractivity contribution is 0.0505. The van der Waals surface area contributed by atoms with E-state index in [1.165, 1.54) is 16.2 Å². The minimum absolute atomic E-state index is 0.194. The summed E-state index contributed by atoms with van der Waals surface area (Å²) in [6, 6.07) is 7.78. The van der Waals surface area contributed by atoms with Crippen molar-refractivity contribution in [2.75, 3.05) is 7.11 Å². The first-order valence-electron chi connectivity index (χ1n) is 9.09. The molecule has 1 atom stereocenters. The fraction of sp³-hybridized carbons (Fsp3) is 0.500. The van der Waals surface area contributed by atoms with Crippen LogP contribution in [0.1, 0.15) is 57.8 Å². The third-order valence-electron chi connectivity index (χ3n) is 3.64. The zero-order chi connectivity index (χ0) is 21.3. The molecule has 6 nitrogen and oxygen atoms in total. The summed E-state index contributed by atoms with van der Waals surface area (Å²) in [7, 11) is 2.92. The lowest BCUT2D eigenvalue weighted by Gasteiger charge is -2.21. The number of carbonyl (C=O) groups is 2. The second kappa shape index (κ2) is 11.5. The average Bonchev–Trinajstić information content (AvgIpc) is 3.03. The Labute approximate surface area is 183 Å². The van der Waals surface area contributed by atoms with E-state index in [-0.39, 0.29) is 18.1 Å². The van der Waals surface area contributed by atoms with Crippen LogP contribution in [0.2, 0.25) is 0 Å². The highest BCUT2D eigenvalue weighted by Crippen LogP contribution is 2.27. The van der Waals surface area contributed by atoms with Crippen molar-refractivity contribution in [3.05, 3.63) is 36.0 Å². The topological polar surface area (TPSA) is 69.6 Å². The summed E-state index contributed by atoms with van der Waals surface area (Å²) in [6.07, 6.45) is 3.66. The average molecular weight is 520 g/mol. The highest BCUT2D eigenvalue weighted by Gasteiger charge is 2.17. The molecule has 0 saturated carbocycles. The van der Waals surface area contributed by atoms with E-state index < -0.39 is 5.60 Å². The Morgan fingerprint density at radius 3 is 2.50 bits per heavy atom. The lowest BCUT2D eigenvalue weighted by Crippen LogP contribution is -2.37. The van der Waals surface area contributed by atoms with Gasteiger partial charge in [0.25, 0.3) is 0 Å². The number of nitrogens with zero attached hydrogens (tertiary/aromatic N) is 1. The van der Waals surface area contributed by atoms with Crippen LogP contribution in [0.25, 0.3) is 10.9 Å². The molecule has 0 fully saturated rings. The molecule has 28 heavy (non-hydrogen) atoms. The number of para-hydroxylation sites is 1. The molecule has 156 valence electrons. The Morgan fingerprint density at radius 2 is 1.96 bits per heavy atom. The number of carbonyl (C=O) groups excluding carboxylic acids is 2. The maximum Gasteiger partial charge on any atom is 0.407 e. The van der Waals surface area contributed by atoms with Gasteiger partial charge in [0.2, 0.25) is 0 Å². The highest BCUT2D eigenvalue weighted by atomic mass is 127. The molecule has 0 saturated heterocycles. The third-order valence-corrected chi connectivity index (χ3v) is 5.37. The Hall–Kier alpha value is -1.42. The molecule has 1 aromatic carbocycles. The van der Waals surface area contributed by atoms with E-state index >= 15 is 0 Å². The predicted molar refractivity (Wildman–Crippen MR) is 124 cm³/mol. The van der Waals surface area contributed by atoms with Gasteiger partial charge in [0, 0.05) is 47.9 Å². The van der Waals surface area contributed by atoms with Gasteiger partial charge in [-0.15, -0.1) is 0 Å². The molecule has 0 radical (unpaired) electrons. The van der Waals surface area contributed by atoms with E-state index in [1.54, 1.807) is 6.07 Å². The van der Waals surface area contributed by atoms with Crippen molar-refractivity contribution in [1.82, 2.24) is 9.29 Å². The summed E-state index contributed by atoms with van der Waals surface area (Å²) in [4.78, 5) is 22.8. The zero-order valence-electron chi connectivity index (χ0n) is 17.2. The first-order valence-corrected chi connectivity index (χ1v) is 12.4. The van der Waals surface area contributed by atoms with Crippen LogP contribution in [0, 0.1) is 0 Å². The quantitative estimate of drug-likeness (QED) is 0.389. The second-order valence-electron chi connectivity index (χ2n) is 7.28. The van der Waals surface area contributed by atoms with Gasteiger partial charge in [-0.05, 0) is 46.2 Å². The van der Waals surface area contributed by atoms with Gasteiger partial charge >= 0.3 is 12.1 Å². The number of benzene rings is 1. The molecular weight excluding hydrogens is 491 g/mol. The van der Waals surface area contributed by atoms with Crippen molar-refractivity contribution in [2.24, 2.45) is 0 Å². The minimum Gasteiger partial charge on any atom is -0.465 e. The number of rotatable bonds is 5. The van der Waals surface area contributed by atoms with Gasteiger partial charge in [-0.25, -0.2) is 9.59 Å². The van der Waals surface area contributed by atoms with Crippen molar-refractivity contribution in [3.63, 3.8) is 0 Å². The van der Waals surface area contributed by atoms with E-state index in [2.05, 4.69) is 33.4 Å². The smallest absolute Gasteiger partial charge is 0.407 e. The van der Waals surface area contributed by atoms with Crippen LogP contribution >= 0.6 is 30.3 Å². The number of fused-ring (bicyclic) bond motifs is 1. The lowest BCUT2D eigenvalue weighted by atomic mass is 10.1. The van der Waals surface area contributed by atoms with E-state index in [0.717, 1.165) is 23.7 Å². The number of halogens is 1. The molecule has 8 heteroatoms. The number of hydrogen-bond acceptors (Lipinski definition) is 5. The summed E-state index contributed by atoms with van der Waals surface area (Å²) in [5.41, 5.74) is 1.10. The molecule has 0 aliphatic carbocycles. The number of alkyl carbamates (subject to hydrolysis) is 1. The number of ether oxygens (including phenoxy) is 2. The van der Waals surface area contributed by atoms with Crippen LogP contribution < -0.4 is 5.32 Å². The molecule has 1 amide bonds. The number of esters is 1. The number of nitrogens with one attached hydrogen (secondary N) is 1. The normalized spacial score (nSPS) is 12.0. The van der Waals surface area contributed by atoms with Crippen LogP contribution in [0.15, 0.2) is 30.5 Å². The van der Waals surface area contributed by atoms with Crippen molar-refractivity contribution >= 4 is 53.3 Å². The zero-order valence-corrected chi connectivity index (χ0v) is 20.2. The molecule has 2 rings (SSSR count). The standard InChI is InChI=1S/C10H8INO2S.C10H21NO2/c1-14-10(13)8-4-2-3-7-5-6-12(15-11)9(7)8;1-6-7-8(2)11-9(12)13-10(3,4)5/h2-6H,1H3;8H,6-7H2,1-5H3,(H,11,12)/t;8-/m.0/s1. The van der Waals surface area contributed by atoms with Crippen LogP contribution in [0.5, 0.6) is 0 Å². The van der Waals surface area contributed by atoms with Crippen LogP contribution in [0.3, 0.4) is 0 Å². The van der Waals surface area contributed by atoms with Gasteiger partial charge in [-0.1, -0.05) is 25.5 Å². The van der Waals surface area contributed by atoms with Crippen LogP contribution in [-0.2, 0) is 9.47 Å². The molecule has 2 aromatic rings. The minimum atomic E-state index is -0.407. The van der Waals surface area contributed by atoms with Crippen molar-refractivity contribution in [2.45, 2.75) is 59.1 Å². The summed E-state index contributed by atoms with van der Waals surface area (Å²) < 4.78 is 11.8. The third kappa shape index (κ3) is 7.90. The number of hydrogen-bond donors (Lipinski definition) is 1. The molecule has 0 aliphatic heterocycles. The SMILES string of the molecule is CCC[C@H](C)NC(=O)OC(C)(C)C.COC(=O)c1cccc2ccn(SI)c12. The maximum absolute atomic E-state index is 11.5. The van der Waals surface area contributed by atoms with Crippen LogP contribution in [0.4, 0.5) is 4.79 Å². The predicted octanol–water partition coefficient (Wildman–Crippen LogP) is 5.97. The second-order valence-corrected chi connectivity index (χ2v) is 8.99. The van der Waals surface area contributed by atoms with Crippen LogP contribution in [-0.4, -0.2) is 34.8 Å². The molecule has 1 heterocycles. The Kier molecular flexibility index (Phi) is 10.2. The largest absolute Gasteiger partial charge is 0.465 e. The number of methoxy groups -OCH3 is 1. The van der Waals surface area contributed by atoms with Crippen molar-refractivity contribution in [1.29, 1.82) is 0 Å². The van der Waals surface area contributed by atoms with Gasteiger partial charge in [0.15, 0.2) is 0 Å². The van der Waals surface area contributed by atoms with Gasteiger partial charge in [0.1, 0.15) is 5.60 Å². The molecule has 0 unspecified atom stereocenters. The fourth-order valence-corrected chi connectivity index (χ4v) is 3.87. The molecule has 1 N–H and O–H groups in total. The highest BCUT2D eigenvalue weighted by molar-refractivity contribution is 14.2. The molecule has 0 spiro atoms. The van der Waals surface area contributed by atoms with Gasteiger partial charge in [0.05, 0.1) is 18.2 Å². The van der Waals surface area contributed by atoms with E-state index in [0.29, 0.717) is 5.56 Å². The van der Waals surface area contributed by atoms with Gasteiger partial charge in [-0.2, -0.15) is 0 Å². The van der Waals surface area contributed by atoms with Gasteiger partial charge < -0.3 is 14.8 Å². The Bertz CT molecular complexity index is 786.